The number of amides is 1. The molecule has 2 N–H and O–H groups in total. The number of carbonyl (C=O) groups is 1. The number of aliphatic imine (C=N–C) groups is 1. The first kappa shape index (κ1) is 20.1. The molecule has 1 amide bonds. The van der Waals surface area contributed by atoms with Gasteiger partial charge >= 0.3 is 0 Å². The summed E-state index contributed by atoms with van der Waals surface area (Å²) in [6.45, 7) is 0.451. The number of nitrogens with one attached hydrogen (secondary N) is 1. The molecule has 150 valence electrons. The molecule has 1 aliphatic heterocycles. The molecular formula is C23H17ClN2O3S. The van der Waals surface area contributed by atoms with Crippen LogP contribution in [0.4, 0.5) is 5.69 Å². The number of phenols is 1. The molecule has 0 radical (unpaired) electrons. The topological polar surface area (TPSA) is 70.9 Å². The highest BCUT2D eigenvalue weighted by Gasteiger charge is 2.23. The summed E-state index contributed by atoms with van der Waals surface area (Å²) in [6, 6.07) is 21.5. The van der Waals surface area contributed by atoms with E-state index in [0.717, 1.165) is 16.9 Å². The zero-order valence-corrected chi connectivity index (χ0v) is 17.3. The van der Waals surface area contributed by atoms with Crippen LogP contribution in [-0.4, -0.2) is 16.2 Å². The summed E-state index contributed by atoms with van der Waals surface area (Å²) in [5.74, 6) is 0.717. The van der Waals surface area contributed by atoms with E-state index in [0.29, 0.717) is 27.4 Å². The maximum Gasteiger partial charge on any atom is 0.264 e. The zero-order chi connectivity index (χ0) is 20.9. The molecule has 5 nitrogen and oxygen atoms in total. The van der Waals surface area contributed by atoms with E-state index in [1.807, 2.05) is 54.6 Å². The Kier molecular flexibility index (Phi) is 6.07. The number of nitrogens with zero attached hydrogens (tertiary/aromatic N) is 1. The monoisotopic (exact) mass is 436 g/mol. The number of hydrogen-bond acceptors (Lipinski definition) is 5. The number of carbonyl (C=O) groups excluding carboxylic acids is 1. The van der Waals surface area contributed by atoms with Crippen molar-refractivity contribution in [2.24, 2.45) is 4.99 Å². The second kappa shape index (κ2) is 9.07. The summed E-state index contributed by atoms with van der Waals surface area (Å²) in [4.78, 5) is 17.2. The number of rotatable bonds is 5. The van der Waals surface area contributed by atoms with Gasteiger partial charge in [0.05, 0.1) is 10.6 Å². The average Bonchev–Trinajstić information content (AvgIpc) is 3.09. The Morgan fingerprint density at radius 2 is 1.70 bits per heavy atom. The molecule has 30 heavy (non-hydrogen) atoms. The zero-order valence-electron chi connectivity index (χ0n) is 15.7. The van der Waals surface area contributed by atoms with Crippen molar-refractivity contribution in [3.8, 4) is 11.5 Å². The molecule has 3 aromatic carbocycles. The molecule has 1 heterocycles. The number of aromatic hydroxyl groups is 1. The van der Waals surface area contributed by atoms with Gasteiger partial charge in [-0.15, -0.1) is 0 Å². The lowest BCUT2D eigenvalue weighted by Gasteiger charge is -2.06. The first-order valence-corrected chi connectivity index (χ1v) is 10.3. The van der Waals surface area contributed by atoms with Gasteiger partial charge < -0.3 is 15.2 Å². The Bertz CT molecular complexity index is 1110. The fourth-order valence-electron chi connectivity index (χ4n) is 2.68. The van der Waals surface area contributed by atoms with Crippen LogP contribution in [0.1, 0.15) is 11.1 Å². The number of halogens is 1. The van der Waals surface area contributed by atoms with E-state index in [-0.39, 0.29) is 11.7 Å². The first-order valence-electron chi connectivity index (χ1n) is 9.11. The van der Waals surface area contributed by atoms with Crippen LogP contribution in [0.25, 0.3) is 6.08 Å². The van der Waals surface area contributed by atoms with E-state index < -0.39 is 0 Å². The molecule has 1 saturated heterocycles. The van der Waals surface area contributed by atoms with Crippen LogP contribution in [0.5, 0.6) is 11.5 Å². The Hall–Kier alpha value is -3.22. The Labute approximate surface area is 183 Å². The van der Waals surface area contributed by atoms with E-state index in [1.165, 1.54) is 11.8 Å². The second-order valence-corrected chi connectivity index (χ2v) is 7.95. The molecule has 0 aliphatic carbocycles. The van der Waals surface area contributed by atoms with Gasteiger partial charge in [0.15, 0.2) is 5.17 Å². The lowest BCUT2D eigenvalue weighted by molar-refractivity contribution is -0.115. The predicted molar refractivity (Wildman–Crippen MR) is 121 cm³/mol. The minimum atomic E-state index is -0.194. The van der Waals surface area contributed by atoms with Crippen LogP contribution in [0.3, 0.4) is 0 Å². The molecule has 4 rings (SSSR count). The van der Waals surface area contributed by atoms with Crippen LogP contribution in [0.2, 0.25) is 5.02 Å². The van der Waals surface area contributed by atoms with E-state index >= 15 is 0 Å². The minimum absolute atomic E-state index is 0.170. The third-order valence-corrected chi connectivity index (χ3v) is 5.39. The van der Waals surface area contributed by atoms with Gasteiger partial charge in [0.25, 0.3) is 5.91 Å². The van der Waals surface area contributed by atoms with Crippen molar-refractivity contribution < 1.29 is 14.6 Å². The van der Waals surface area contributed by atoms with Crippen LogP contribution in [-0.2, 0) is 11.4 Å². The third kappa shape index (κ3) is 5.23. The van der Waals surface area contributed by atoms with Crippen molar-refractivity contribution in [2.75, 3.05) is 0 Å². The summed E-state index contributed by atoms with van der Waals surface area (Å²) < 4.78 is 5.78. The quantitative estimate of drug-likeness (QED) is 0.517. The Morgan fingerprint density at radius 3 is 2.40 bits per heavy atom. The van der Waals surface area contributed by atoms with Crippen molar-refractivity contribution in [2.45, 2.75) is 6.61 Å². The largest absolute Gasteiger partial charge is 0.508 e. The number of hydrogen-bond donors (Lipinski definition) is 2. The highest BCUT2D eigenvalue weighted by atomic mass is 35.5. The van der Waals surface area contributed by atoms with Crippen LogP contribution >= 0.6 is 23.4 Å². The fraction of sp³-hybridized carbons (Fsp3) is 0.0435. The lowest BCUT2D eigenvalue weighted by Crippen LogP contribution is -2.19. The number of thioether (sulfide) groups is 1. The maximum absolute atomic E-state index is 12.2. The Balaban J connectivity index is 1.39. The third-order valence-electron chi connectivity index (χ3n) is 4.23. The maximum atomic E-state index is 12.2. The first-order chi connectivity index (χ1) is 14.5. The molecule has 0 saturated carbocycles. The fourth-order valence-corrected chi connectivity index (χ4v) is 3.65. The number of ether oxygens (including phenoxy) is 1. The van der Waals surface area contributed by atoms with Crippen LogP contribution < -0.4 is 10.1 Å². The second-order valence-electron chi connectivity index (χ2n) is 6.48. The van der Waals surface area contributed by atoms with Gasteiger partial charge in [-0.3, -0.25) is 4.79 Å². The van der Waals surface area contributed by atoms with Crippen molar-refractivity contribution in [3.05, 3.63) is 93.9 Å². The summed E-state index contributed by atoms with van der Waals surface area (Å²) in [7, 11) is 0. The molecule has 1 fully saturated rings. The van der Waals surface area contributed by atoms with Gasteiger partial charge in [-0.05, 0) is 77.5 Å². The highest BCUT2D eigenvalue weighted by molar-refractivity contribution is 8.18. The van der Waals surface area contributed by atoms with Crippen molar-refractivity contribution in [1.82, 2.24) is 5.32 Å². The normalized spacial score (nSPS) is 16.1. The number of benzene rings is 3. The molecule has 1 aliphatic rings. The van der Waals surface area contributed by atoms with E-state index in [1.54, 1.807) is 24.3 Å². The smallest absolute Gasteiger partial charge is 0.264 e. The molecule has 7 heteroatoms. The van der Waals surface area contributed by atoms with E-state index in [9.17, 15) is 9.90 Å². The molecule has 0 spiro atoms. The van der Waals surface area contributed by atoms with Crippen LogP contribution in [0.15, 0.2) is 82.7 Å². The van der Waals surface area contributed by atoms with Gasteiger partial charge in [0.1, 0.15) is 18.1 Å². The van der Waals surface area contributed by atoms with Crippen molar-refractivity contribution in [1.29, 1.82) is 0 Å². The summed E-state index contributed by atoms with van der Waals surface area (Å²) in [6.07, 6.45) is 1.81. The molecular weight excluding hydrogens is 420 g/mol. The summed E-state index contributed by atoms with van der Waals surface area (Å²) in [5, 5.41) is 13.3. The van der Waals surface area contributed by atoms with E-state index in [2.05, 4.69) is 10.3 Å². The number of amidine groups is 1. The van der Waals surface area contributed by atoms with Gasteiger partial charge in [0.2, 0.25) is 0 Å². The number of phenolic OH excluding ortho intramolecular Hbond substituents is 1. The predicted octanol–water partition coefficient (Wildman–Crippen LogP) is 5.52. The average molecular weight is 437 g/mol. The van der Waals surface area contributed by atoms with E-state index in [4.69, 9.17) is 16.3 Å². The standard InChI is InChI=1S/C23H17ClN2O3S/c24-17-5-1-16(2-6-17)14-29-20-11-3-15(4-12-20)13-21-22(28)26-23(30-21)25-18-7-9-19(27)10-8-18/h1-13,27H,14H2,(H,25,26,28)/b21-13-. The SMILES string of the molecule is O=C1NC(=Nc2ccc(O)cc2)S/C1=C\c1ccc(OCc2ccc(Cl)cc2)cc1. The molecule has 0 aromatic heterocycles. The van der Waals surface area contributed by atoms with Crippen molar-refractivity contribution >= 4 is 46.2 Å². The molecule has 0 unspecified atom stereocenters. The van der Waals surface area contributed by atoms with Gasteiger partial charge in [-0.1, -0.05) is 35.9 Å². The molecule has 0 atom stereocenters. The molecule has 0 bridgehead atoms. The molecule has 3 aromatic rings. The summed E-state index contributed by atoms with van der Waals surface area (Å²) in [5.41, 5.74) is 2.57. The lowest BCUT2D eigenvalue weighted by atomic mass is 10.2. The highest BCUT2D eigenvalue weighted by Crippen LogP contribution is 2.29. The van der Waals surface area contributed by atoms with Gasteiger partial charge in [-0.2, -0.15) is 0 Å². The van der Waals surface area contributed by atoms with Crippen LogP contribution in [0, 0.1) is 0 Å². The minimum Gasteiger partial charge on any atom is -0.508 e. The summed E-state index contributed by atoms with van der Waals surface area (Å²) >= 11 is 7.16. The van der Waals surface area contributed by atoms with Gasteiger partial charge in [-0.25, -0.2) is 4.99 Å². The Morgan fingerprint density at radius 1 is 1.00 bits per heavy atom. The van der Waals surface area contributed by atoms with Crippen molar-refractivity contribution in [3.63, 3.8) is 0 Å². The van der Waals surface area contributed by atoms with Gasteiger partial charge in [0, 0.05) is 5.02 Å².